The molecule has 1 saturated heterocycles. The first-order valence-electron chi connectivity index (χ1n) is 12.6. The van der Waals surface area contributed by atoms with Crippen molar-refractivity contribution in [3.63, 3.8) is 0 Å². The van der Waals surface area contributed by atoms with Crippen LogP contribution >= 0.6 is 12.2 Å². The van der Waals surface area contributed by atoms with Crippen molar-refractivity contribution in [3.8, 4) is 11.5 Å². The summed E-state index contributed by atoms with van der Waals surface area (Å²) in [6, 6.07) is 21.1. The van der Waals surface area contributed by atoms with Crippen molar-refractivity contribution in [1.29, 1.82) is 0 Å². The second-order valence-corrected chi connectivity index (χ2v) is 9.59. The van der Waals surface area contributed by atoms with Crippen LogP contribution in [0.5, 0.6) is 11.5 Å². The van der Waals surface area contributed by atoms with Gasteiger partial charge in [0.15, 0.2) is 16.3 Å². The number of nitrogens with zero attached hydrogens (tertiary/aromatic N) is 3. The van der Waals surface area contributed by atoms with Crippen molar-refractivity contribution in [2.45, 2.75) is 13.0 Å². The van der Waals surface area contributed by atoms with Crippen LogP contribution in [0.4, 0.5) is 5.69 Å². The number of hydrogen-bond acceptors (Lipinski definition) is 6. The molecular formula is C29H30N4O4S. The van der Waals surface area contributed by atoms with Crippen LogP contribution in [-0.2, 0) is 13.0 Å². The molecule has 4 aromatic rings. The average molecular weight is 531 g/mol. The second kappa shape index (κ2) is 11.1. The number of carbonyl (C=O) groups is 1. The molecule has 1 fully saturated rings. The van der Waals surface area contributed by atoms with Crippen LogP contribution in [0.25, 0.3) is 10.9 Å². The van der Waals surface area contributed by atoms with Crippen molar-refractivity contribution < 1.29 is 14.3 Å². The summed E-state index contributed by atoms with van der Waals surface area (Å²) in [7, 11) is 3.19. The number of piperazine rings is 1. The lowest BCUT2D eigenvalue weighted by Gasteiger charge is -2.36. The number of para-hydroxylation sites is 1. The molecule has 0 bridgehead atoms. The van der Waals surface area contributed by atoms with Crippen LogP contribution in [-0.4, -0.2) is 60.8 Å². The Balaban J connectivity index is 1.31. The van der Waals surface area contributed by atoms with Gasteiger partial charge in [-0.15, -0.1) is 0 Å². The van der Waals surface area contributed by atoms with Crippen LogP contribution in [0.1, 0.15) is 15.9 Å². The Morgan fingerprint density at radius 3 is 2.37 bits per heavy atom. The summed E-state index contributed by atoms with van der Waals surface area (Å²) < 4.78 is 12.6. The average Bonchev–Trinajstić information content (AvgIpc) is 2.96. The number of amides is 1. The number of aromatic amines is 1. The second-order valence-electron chi connectivity index (χ2n) is 9.20. The highest BCUT2D eigenvalue weighted by atomic mass is 32.1. The summed E-state index contributed by atoms with van der Waals surface area (Å²) in [5, 5.41) is 0.497. The Labute approximate surface area is 226 Å². The molecule has 38 heavy (non-hydrogen) atoms. The third-order valence-electron chi connectivity index (χ3n) is 6.99. The lowest BCUT2D eigenvalue weighted by atomic mass is 10.1. The van der Waals surface area contributed by atoms with Crippen LogP contribution in [0, 0.1) is 4.77 Å². The molecule has 0 spiro atoms. The third kappa shape index (κ3) is 5.15. The van der Waals surface area contributed by atoms with E-state index in [2.05, 4.69) is 22.0 Å². The van der Waals surface area contributed by atoms with E-state index in [0.717, 1.165) is 18.7 Å². The first-order chi connectivity index (χ1) is 18.5. The van der Waals surface area contributed by atoms with E-state index in [-0.39, 0.29) is 11.5 Å². The number of nitrogens with one attached hydrogen (secondary N) is 1. The van der Waals surface area contributed by atoms with E-state index in [0.29, 0.717) is 58.8 Å². The predicted octanol–water partition coefficient (Wildman–Crippen LogP) is 4.28. The van der Waals surface area contributed by atoms with Crippen LogP contribution in [0.3, 0.4) is 0 Å². The summed E-state index contributed by atoms with van der Waals surface area (Å²) in [4.78, 5) is 33.8. The fraction of sp³-hybridized carbons (Fsp3) is 0.276. The zero-order valence-electron chi connectivity index (χ0n) is 21.5. The number of fused-ring (bicyclic) bond motifs is 1. The Hall–Kier alpha value is -4.11. The molecule has 1 amide bonds. The van der Waals surface area contributed by atoms with E-state index < -0.39 is 0 Å². The summed E-state index contributed by atoms with van der Waals surface area (Å²) >= 11 is 5.53. The fourth-order valence-electron chi connectivity index (χ4n) is 4.86. The third-order valence-corrected chi connectivity index (χ3v) is 7.31. The highest BCUT2D eigenvalue weighted by Gasteiger charge is 2.23. The molecule has 1 N–H and O–H groups in total. The van der Waals surface area contributed by atoms with Gasteiger partial charge in [0.25, 0.3) is 11.5 Å². The molecule has 196 valence electrons. The highest BCUT2D eigenvalue weighted by molar-refractivity contribution is 7.71. The number of hydrogen-bond donors (Lipinski definition) is 1. The Kier molecular flexibility index (Phi) is 7.46. The summed E-state index contributed by atoms with van der Waals surface area (Å²) in [6.07, 6.45) is 0.592. The molecule has 1 aliphatic rings. The maximum absolute atomic E-state index is 13.3. The number of ether oxygens (including phenoxy) is 2. The maximum Gasteiger partial charge on any atom is 0.262 e. The molecule has 0 radical (unpaired) electrons. The molecule has 0 saturated carbocycles. The summed E-state index contributed by atoms with van der Waals surface area (Å²) in [6.45, 7) is 3.23. The van der Waals surface area contributed by atoms with E-state index >= 15 is 0 Å². The van der Waals surface area contributed by atoms with Gasteiger partial charge in [-0.3, -0.25) is 14.2 Å². The minimum atomic E-state index is -0.181. The van der Waals surface area contributed by atoms with Crippen molar-refractivity contribution in [1.82, 2.24) is 14.5 Å². The first kappa shape index (κ1) is 25.5. The molecule has 3 aromatic carbocycles. The van der Waals surface area contributed by atoms with Gasteiger partial charge in [-0.2, -0.15) is 0 Å². The van der Waals surface area contributed by atoms with Gasteiger partial charge < -0.3 is 24.3 Å². The standard InChI is InChI=1S/C29H30N4O4S/c1-36-25-11-8-20(18-26(25)37-2)12-13-33-28(35)23-10-9-21(19-24(23)30-29(33)38)27(34)32-16-14-31(15-17-32)22-6-4-3-5-7-22/h3-11,18-19H,12-17H2,1-2H3,(H,30,38). The van der Waals surface area contributed by atoms with Crippen molar-refractivity contribution in [2.24, 2.45) is 0 Å². The topological polar surface area (TPSA) is 79.8 Å². The Morgan fingerprint density at radius 2 is 1.66 bits per heavy atom. The molecule has 5 rings (SSSR count). The van der Waals surface area contributed by atoms with E-state index in [9.17, 15) is 9.59 Å². The fourth-order valence-corrected chi connectivity index (χ4v) is 5.14. The zero-order valence-corrected chi connectivity index (χ0v) is 22.3. The Bertz CT molecular complexity index is 1570. The SMILES string of the molecule is COc1ccc(CCn2c(=S)[nH]c3cc(C(=O)N4CCN(c5ccccc5)CC4)ccc3c2=O)cc1OC. The molecular weight excluding hydrogens is 500 g/mol. The van der Waals surface area contributed by atoms with Gasteiger partial charge in [0, 0.05) is 44.0 Å². The number of aryl methyl sites for hydroxylation is 1. The van der Waals surface area contributed by atoms with Gasteiger partial charge >= 0.3 is 0 Å². The number of aromatic nitrogens is 2. The lowest BCUT2D eigenvalue weighted by Crippen LogP contribution is -2.48. The van der Waals surface area contributed by atoms with E-state index in [1.54, 1.807) is 37.0 Å². The van der Waals surface area contributed by atoms with Crippen LogP contribution < -0.4 is 19.9 Å². The zero-order chi connectivity index (χ0) is 26.6. The highest BCUT2D eigenvalue weighted by Crippen LogP contribution is 2.28. The predicted molar refractivity (Wildman–Crippen MR) is 151 cm³/mol. The van der Waals surface area contributed by atoms with Crippen LogP contribution in [0.15, 0.2) is 71.5 Å². The molecule has 0 atom stereocenters. The number of carbonyl (C=O) groups excluding carboxylic acids is 1. The molecule has 9 heteroatoms. The molecule has 0 aliphatic carbocycles. The molecule has 1 aromatic heterocycles. The summed E-state index contributed by atoms with van der Waals surface area (Å²) in [5.74, 6) is 1.25. The lowest BCUT2D eigenvalue weighted by molar-refractivity contribution is 0.0747. The largest absolute Gasteiger partial charge is 0.493 e. The van der Waals surface area contributed by atoms with Gasteiger partial charge in [0.05, 0.1) is 25.1 Å². The maximum atomic E-state index is 13.3. The first-order valence-corrected chi connectivity index (χ1v) is 13.0. The smallest absolute Gasteiger partial charge is 0.262 e. The molecule has 8 nitrogen and oxygen atoms in total. The van der Waals surface area contributed by atoms with Gasteiger partial charge in [-0.05, 0) is 66.7 Å². The molecule has 0 unspecified atom stereocenters. The van der Waals surface area contributed by atoms with Gasteiger partial charge in [-0.25, -0.2) is 0 Å². The molecule has 1 aliphatic heterocycles. The monoisotopic (exact) mass is 530 g/mol. The van der Waals surface area contributed by atoms with Gasteiger partial charge in [0.1, 0.15) is 0 Å². The quantitative estimate of drug-likeness (QED) is 0.360. The minimum Gasteiger partial charge on any atom is -0.493 e. The number of rotatable bonds is 7. The number of H-pyrrole nitrogens is 1. The number of benzene rings is 3. The number of anilines is 1. The van der Waals surface area contributed by atoms with E-state index in [1.807, 2.05) is 41.3 Å². The van der Waals surface area contributed by atoms with Crippen molar-refractivity contribution >= 4 is 34.7 Å². The molecule has 2 heterocycles. The van der Waals surface area contributed by atoms with Gasteiger partial charge in [0.2, 0.25) is 0 Å². The minimum absolute atomic E-state index is 0.0449. The van der Waals surface area contributed by atoms with Crippen LogP contribution in [0.2, 0.25) is 0 Å². The van der Waals surface area contributed by atoms with Crippen molar-refractivity contribution in [3.05, 3.63) is 93.0 Å². The van der Waals surface area contributed by atoms with E-state index in [1.165, 1.54) is 5.69 Å². The Morgan fingerprint density at radius 1 is 0.921 bits per heavy atom. The number of methoxy groups -OCH3 is 2. The van der Waals surface area contributed by atoms with Crippen molar-refractivity contribution in [2.75, 3.05) is 45.3 Å². The normalized spacial score (nSPS) is 13.5. The van der Waals surface area contributed by atoms with Gasteiger partial charge in [-0.1, -0.05) is 24.3 Å². The van der Waals surface area contributed by atoms with E-state index in [4.69, 9.17) is 21.7 Å². The summed E-state index contributed by atoms with van der Waals surface area (Å²) in [5.41, 5.74) is 3.09.